The summed E-state index contributed by atoms with van der Waals surface area (Å²) in [5.74, 6) is -0.971. The molecule has 0 aliphatic carbocycles. The number of anilines is 2. The van der Waals surface area contributed by atoms with Crippen molar-refractivity contribution < 1.29 is 14.7 Å². The molecule has 0 radical (unpaired) electrons. The zero-order valence-electron chi connectivity index (χ0n) is 9.81. The third kappa shape index (κ3) is 3.49. The molecule has 0 fully saturated rings. The molecular formula is C8H10N8O3. The van der Waals surface area contributed by atoms with Gasteiger partial charge in [-0.1, -0.05) is 5.10 Å². The number of tetrazole rings is 1. The molecule has 2 amide bonds. The van der Waals surface area contributed by atoms with Crippen LogP contribution in [0.2, 0.25) is 0 Å². The number of hydrogen-bond donors (Lipinski definition) is 3. The zero-order valence-corrected chi connectivity index (χ0v) is 9.81. The Morgan fingerprint density at radius 2 is 2.21 bits per heavy atom. The van der Waals surface area contributed by atoms with Gasteiger partial charge in [-0.15, -0.1) is 5.10 Å². The van der Waals surface area contributed by atoms with Crippen LogP contribution in [0.1, 0.15) is 0 Å². The third-order valence-corrected chi connectivity index (χ3v) is 1.92. The van der Waals surface area contributed by atoms with Crippen LogP contribution < -0.4 is 10.6 Å². The fourth-order valence-electron chi connectivity index (χ4n) is 1.25. The molecule has 0 saturated carbocycles. The molecule has 11 nitrogen and oxygen atoms in total. The van der Waals surface area contributed by atoms with Crippen molar-refractivity contribution >= 4 is 23.6 Å². The summed E-state index contributed by atoms with van der Waals surface area (Å²) in [7, 11) is 1.56. The lowest BCUT2D eigenvalue weighted by Gasteiger charge is -2.00. The van der Waals surface area contributed by atoms with Crippen LogP contribution >= 0.6 is 0 Å². The van der Waals surface area contributed by atoms with Gasteiger partial charge in [-0.2, -0.15) is 9.90 Å². The predicted octanol–water partition coefficient (Wildman–Crippen LogP) is -0.865. The second-order valence-corrected chi connectivity index (χ2v) is 3.50. The van der Waals surface area contributed by atoms with Gasteiger partial charge in [-0.3, -0.25) is 14.8 Å². The van der Waals surface area contributed by atoms with Gasteiger partial charge in [0.05, 0.1) is 18.9 Å². The number of carboxylic acids is 1. The van der Waals surface area contributed by atoms with Gasteiger partial charge in [0.15, 0.2) is 0 Å². The van der Waals surface area contributed by atoms with Crippen LogP contribution in [0.5, 0.6) is 0 Å². The number of urea groups is 1. The zero-order chi connectivity index (χ0) is 13.8. The second kappa shape index (κ2) is 5.12. The van der Waals surface area contributed by atoms with Crippen molar-refractivity contribution in [3.63, 3.8) is 0 Å². The summed E-state index contributed by atoms with van der Waals surface area (Å²) in [6.45, 7) is -0.283. The lowest BCUT2D eigenvalue weighted by atomic mass is 10.5. The molecule has 0 aliphatic rings. The monoisotopic (exact) mass is 266 g/mol. The summed E-state index contributed by atoms with van der Waals surface area (Å²) in [6.07, 6.45) is 2.71. The highest BCUT2D eigenvalue weighted by Crippen LogP contribution is 2.05. The van der Waals surface area contributed by atoms with E-state index in [-0.39, 0.29) is 12.5 Å². The van der Waals surface area contributed by atoms with E-state index in [2.05, 4.69) is 31.1 Å². The molecule has 0 saturated heterocycles. The number of carbonyl (C=O) groups is 2. The van der Waals surface area contributed by atoms with Gasteiger partial charge < -0.3 is 10.4 Å². The fraction of sp³-hybridized carbons (Fsp3) is 0.250. The minimum atomic E-state index is -1.03. The molecule has 0 bridgehead atoms. The number of carbonyl (C=O) groups excluding carboxylic acids is 1. The minimum absolute atomic E-state index is 0.0536. The van der Waals surface area contributed by atoms with Crippen LogP contribution in [0.4, 0.5) is 16.4 Å². The van der Waals surface area contributed by atoms with E-state index in [1.165, 1.54) is 21.9 Å². The Morgan fingerprint density at radius 3 is 2.84 bits per heavy atom. The average Bonchev–Trinajstić information content (AvgIpc) is 2.88. The summed E-state index contributed by atoms with van der Waals surface area (Å²) in [5.41, 5.74) is 0.350. The predicted molar refractivity (Wildman–Crippen MR) is 61.3 cm³/mol. The summed E-state index contributed by atoms with van der Waals surface area (Å²) in [6, 6.07) is -0.581. The van der Waals surface area contributed by atoms with E-state index in [0.717, 1.165) is 0 Å². The average molecular weight is 266 g/mol. The molecule has 2 aromatic rings. The van der Waals surface area contributed by atoms with Crippen molar-refractivity contribution in [1.82, 2.24) is 30.0 Å². The van der Waals surface area contributed by atoms with Gasteiger partial charge in [0.25, 0.3) is 5.95 Å². The SMILES string of the molecule is Cn1nnc(NC(=O)Nc2cnn(CC(=O)O)c2)n1. The van der Waals surface area contributed by atoms with Gasteiger partial charge in [0, 0.05) is 6.20 Å². The van der Waals surface area contributed by atoms with Gasteiger partial charge in [-0.05, 0) is 5.21 Å². The molecule has 0 aromatic carbocycles. The second-order valence-electron chi connectivity index (χ2n) is 3.50. The molecule has 19 heavy (non-hydrogen) atoms. The number of aliphatic carboxylic acids is 1. The van der Waals surface area contributed by atoms with Gasteiger partial charge in [0.1, 0.15) is 6.54 Å². The first kappa shape index (κ1) is 12.5. The van der Waals surface area contributed by atoms with Crippen molar-refractivity contribution in [3.8, 4) is 0 Å². The van der Waals surface area contributed by atoms with Crippen molar-refractivity contribution in [1.29, 1.82) is 0 Å². The van der Waals surface area contributed by atoms with Crippen LogP contribution in [0.25, 0.3) is 0 Å². The first-order valence-electron chi connectivity index (χ1n) is 5.09. The van der Waals surface area contributed by atoms with Crippen LogP contribution in [0.15, 0.2) is 12.4 Å². The minimum Gasteiger partial charge on any atom is -0.480 e. The molecule has 2 aromatic heterocycles. The molecule has 0 aliphatic heterocycles. The normalized spacial score (nSPS) is 10.2. The van der Waals surface area contributed by atoms with Crippen LogP contribution in [-0.4, -0.2) is 47.1 Å². The lowest BCUT2D eigenvalue weighted by Crippen LogP contribution is -2.20. The van der Waals surface area contributed by atoms with Crippen molar-refractivity contribution in [2.24, 2.45) is 7.05 Å². The number of nitrogens with zero attached hydrogens (tertiary/aromatic N) is 6. The first-order chi connectivity index (χ1) is 9.02. The summed E-state index contributed by atoms with van der Waals surface area (Å²) < 4.78 is 1.18. The Kier molecular flexibility index (Phi) is 3.36. The largest absolute Gasteiger partial charge is 0.480 e. The Morgan fingerprint density at radius 1 is 1.42 bits per heavy atom. The van der Waals surface area contributed by atoms with E-state index in [1.807, 2.05) is 0 Å². The maximum absolute atomic E-state index is 11.5. The number of nitrogens with one attached hydrogen (secondary N) is 2. The number of aryl methyl sites for hydroxylation is 1. The molecule has 0 atom stereocenters. The van der Waals surface area contributed by atoms with Gasteiger partial charge in [0.2, 0.25) is 0 Å². The molecule has 0 spiro atoms. The van der Waals surface area contributed by atoms with Crippen molar-refractivity contribution in [2.75, 3.05) is 10.6 Å². The highest BCUT2D eigenvalue weighted by Gasteiger charge is 2.08. The number of aromatic nitrogens is 6. The smallest absolute Gasteiger partial charge is 0.326 e. The van der Waals surface area contributed by atoms with Crippen LogP contribution in [0.3, 0.4) is 0 Å². The lowest BCUT2D eigenvalue weighted by molar-refractivity contribution is -0.137. The maximum Gasteiger partial charge on any atom is 0.326 e. The number of hydrogen-bond acceptors (Lipinski definition) is 6. The molecule has 2 heterocycles. The molecule has 0 unspecified atom stereocenters. The van der Waals surface area contributed by atoms with E-state index in [1.54, 1.807) is 7.05 Å². The highest BCUT2D eigenvalue weighted by atomic mass is 16.4. The van der Waals surface area contributed by atoms with Crippen molar-refractivity contribution in [3.05, 3.63) is 12.4 Å². The van der Waals surface area contributed by atoms with E-state index in [0.29, 0.717) is 5.69 Å². The van der Waals surface area contributed by atoms with E-state index >= 15 is 0 Å². The van der Waals surface area contributed by atoms with E-state index in [4.69, 9.17) is 5.11 Å². The molecule has 2 rings (SSSR count). The van der Waals surface area contributed by atoms with Gasteiger partial charge >= 0.3 is 12.0 Å². The maximum atomic E-state index is 11.5. The van der Waals surface area contributed by atoms with E-state index < -0.39 is 12.0 Å². The third-order valence-electron chi connectivity index (χ3n) is 1.92. The Bertz CT molecular complexity index is 603. The molecule has 11 heteroatoms. The molecule has 3 N–H and O–H groups in total. The van der Waals surface area contributed by atoms with E-state index in [9.17, 15) is 9.59 Å². The highest BCUT2D eigenvalue weighted by molar-refractivity contribution is 5.98. The fourth-order valence-corrected chi connectivity index (χ4v) is 1.25. The summed E-state index contributed by atoms with van der Waals surface area (Å²) in [4.78, 5) is 23.2. The summed E-state index contributed by atoms with van der Waals surface area (Å²) in [5, 5.41) is 28.0. The summed E-state index contributed by atoms with van der Waals surface area (Å²) >= 11 is 0. The van der Waals surface area contributed by atoms with Crippen molar-refractivity contribution in [2.45, 2.75) is 6.54 Å². The standard InChI is InChI=1S/C8H10N8O3/c1-15-13-7(12-14-15)11-8(19)10-5-2-9-16(3-5)4-6(17)18/h2-3H,4H2,1H3,(H,17,18)(H2,10,11,13,19). The number of rotatable bonds is 4. The Balaban J connectivity index is 1.91. The molecule has 100 valence electrons. The Hall–Kier alpha value is -2.98. The number of amides is 2. The quantitative estimate of drug-likeness (QED) is 0.653. The van der Waals surface area contributed by atoms with Gasteiger partial charge in [-0.25, -0.2) is 4.79 Å². The molecular weight excluding hydrogens is 256 g/mol. The van der Waals surface area contributed by atoms with Crippen LogP contribution in [-0.2, 0) is 18.4 Å². The number of carboxylic acid groups (broad SMARTS) is 1. The first-order valence-corrected chi connectivity index (χ1v) is 5.09. The Labute approximate surface area is 106 Å². The van der Waals surface area contributed by atoms with Crippen LogP contribution in [0, 0.1) is 0 Å². The topological polar surface area (TPSA) is 140 Å².